The lowest BCUT2D eigenvalue weighted by atomic mass is 10.1. The van der Waals surface area contributed by atoms with Crippen molar-refractivity contribution in [2.45, 2.75) is 19.1 Å². The monoisotopic (exact) mass is 404 g/mol. The number of alkyl halides is 2. The second kappa shape index (κ2) is 8.66. The Morgan fingerprint density at radius 1 is 1.30 bits per heavy atom. The van der Waals surface area contributed by atoms with Crippen LogP contribution in [0.3, 0.4) is 0 Å². The van der Waals surface area contributed by atoms with E-state index < -0.39 is 22.5 Å². The van der Waals surface area contributed by atoms with E-state index in [1.807, 2.05) is 0 Å². The van der Waals surface area contributed by atoms with Crippen LogP contribution in [0, 0.1) is 0 Å². The first-order chi connectivity index (χ1) is 12.6. The third-order valence-corrected chi connectivity index (χ3v) is 5.78. The van der Waals surface area contributed by atoms with Crippen molar-refractivity contribution in [3.63, 3.8) is 0 Å². The average molecular weight is 404 g/mol. The Kier molecular flexibility index (Phi) is 6.77. The largest absolute Gasteiger partial charge is 0.493 e. The van der Waals surface area contributed by atoms with E-state index in [1.165, 1.54) is 42.5 Å². The Hall–Kier alpha value is -2.20. The molecule has 1 aliphatic rings. The van der Waals surface area contributed by atoms with Crippen molar-refractivity contribution in [1.29, 1.82) is 0 Å². The van der Waals surface area contributed by atoms with Crippen LogP contribution in [0.5, 0.6) is 11.5 Å². The number of hydrazine groups is 1. The lowest BCUT2D eigenvalue weighted by Gasteiger charge is -2.32. The molecular formula is C17H22F2N2O5S. The molecule has 0 aromatic heterocycles. The zero-order chi connectivity index (χ0) is 20.2. The molecule has 10 heteroatoms. The minimum absolute atomic E-state index is 0.0573. The lowest BCUT2D eigenvalue weighted by Crippen LogP contribution is -2.48. The van der Waals surface area contributed by atoms with Crippen LogP contribution in [0.2, 0.25) is 0 Å². The van der Waals surface area contributed by atoms with Gasteiger partial charge in [-0.3, -0.25) is 9.80 Å². The van der Waals surface area contributed by atoms with Crippen LogP contribution in [-0.2, 0) is 14.6 Å². The first kappa shape index (κ1) is 21.1. The number of sulfone groups is 1. The minimum Gasteiger partial charge on any atom is -0.493 e. The standard InChI is InChI=1S/C17H22F2N2O5S/c1-20(2)21(13-8-9-27(23,24)11-13)16(22)7-5-12-4-6-14(26-17(18)19)15(10-12)25-3/h4-7,10,13,17H,8-9,11H2,1-3H3/b7-5+/t13-/m1/s1. The van der Waals surface area contributed by atoms with Gasteiger partial charge in [0, 0.05) is 20.2 Å². The van der Waals surface area contributed by atoms with Gasteiger partial charge in [-0.1, -0.05) is 6.07 Å². The quantitative estimate of drug-likeness (QED) is 0.510. The van der Waals surface area contributed by atoms with E-state index in [1.54, 1.807) is 19.1 Å². The molecule has 0 saturated carbocycles. The Labute approximate surface area is 157 Å². The summed E-state index contributed by atoms with van der Waals surface area (Å²) in [7, 11) is 1.51. The smallest absolute Gasteiger partial charge is 0.387 e. The van der Waals surface area contributed by atoms with Crippen LogP contribution in [0.15, 0.2) is 24.3 Å². The molecule has 150 valence electrons. The maximum absolute atomic E-state index is 12.6. The molecular weight excluding hydrogens is 382 g/mol. The summed E-state index contributed by atoms with van der Waals surface area (Å²) in [5.74, 6) is -0.396. The summed E-state index contributed by atoms with van der Waals surface area (Å²) < 4.78 is 57.5. The zero-order valence-electron chi connectivity index (χ0n) is 15.3. The maximum atomic E-state index is 12.6. The van der Waals surface area contributed by atoms with Gasteiger partial charge in [-0.05, 0) is 30.2 Å². The number of carbonyl (C=O) groups excluding carboxylic acids is 1. The highest BCUT2D eigenvalue weighted by molar-refractivity contribution is 7.91. The number of halogens is 2. The molecule has 0 radical (unpaired) electrons. The number of methoxy groups -OCH3 is 1. The summed E-state index contributed by atoms with van der Waals surface area (Å²) in [4.78, 5) is 12.6. The molecule has 1 atom stereocenters. The molecule has 1 aliphatic heterocycles. The summed E-state index contributed by atoms with van der Waals surface area (Å²) in [6, 6.07) is 3.87. The predicted molar refractivity (Wildman–Crippen MR) is 96.3 cm³/mol. The van der Waals surface area contributed by atoms with Crippen molar-refractivity contribution >= 4 is 21.8 Å². The Balaban J connectivity index is 2.16. The van der Waals surface area contributed by atoms with Gasteiger partial charge in [0.25, 0.3) is 5.91 Å². The third kappa shape index (κ3) is 5.64. The number of hydrogen-bond acceptors (Lipinski definition) is 6. The number of hydrogen-bond donors (Lipinski definition) is 0. The maximum Gasteiger partial charge on any atom is 0.387 e. The van der Waals surface area contributed by atoms with Gasteiger partial charge < -0.3 is 9.47 Å². The molecule has 1 aromatic carbocycles. The van der Waals surface area contributed by atoms with Crippen LogP contribution < -0.4 is 9.47 Å². The van der Waals surface area contributed by atoms with Crippen LogP contribution >= 0.6 is 0 Å². The highest BCUT2D eigenvalue weighted by Gasteiger charge is 2.35. The van der Waals surface area contributed by atoms with Crippen LogP contribution in [0.4, 0.5) is 8.78 Å². The van der Waals surface area contributed by atoms with Crippen molar-refractivity contribution in [1.82, 2.24) is 10.0 Å². The molecule has 0 bridgehead atoms. The van der Waals surface area contributed by atoms with Crippen LogP contribution in [0.1, 0.15) is 12.0 Å². The van der Waals surface area contributed by atoms with Gasteiger partial charge in [0.05, 0.1) is 24.7 Å². The minimum atomic E-state index is -3.13. The second-order valence-corrected chi connectivity index (χ2v) is 8.44. The molecule has 1 amide bonds. The second-order valence-electron chi connectivity index (χ2n) is 6.21. The molecule has 7 nitrogen and oxygen atoms in total. The topological polar surface area (TPSA) is 76.2 Å². The van der Waals surface area contributed by atoms with Crippen LogP contribution in [0.25, 0.3) is 6.08 Å². The molecule has 0 spiro atoms. The van der Waals surface area contributed by atoms with E-state index in [0.29, 0.717) is 12.0 Å². The van der Waals surface area contributed by atoms with Crippen molar-refractivity contribution in [2.24, 2.45) is 0 Å². The fraction of sp³-hybridized carbons (Fsp3) is 0.471. The fourth-order valence-corrected chi connectivity index (χ4v) is 4.59. The Bertz CT molecular complexity index is 812. The van der Waals surface area contributed by atoms with E-state index in [2.05, 4.69) is 4.74 Å². The predicted octanol–water partition coefficient (Wildman–Crippen LogP) is 1.80. The molecule has 1 heterocycles. The van der Waals surface area contributed by atoms with Gasteiger partial charge in [-0.15, -0.1) is 0 Å². The molecule has 0 N–H and O–H groups in total. The van der Waals surface area contributed by atoms with Gasteiger partial charge >= 0.3 is 6.61 Å². The Morgan fingerprint density at radius 2 is 2.00 bits per heavy atom. The van der Waals surface area contributed by atoms with E-state index >= 15 is 0 Å². The zero-order valence-corrected chi connectivity index (χ0v) is 16.1. The number of rotatable bonds is 7. The van der Waals surface area contributed by atoms with Crippen molar-refractivity contribution in [3.8, 4) is 11.5 Å². The first-order valence-electron chi connectivity index (χ1n) is 8.14. The summed E-state index contributed by atoms with van der Waals surface area (Å²) in [5.41, 5.74) is 0.541. The highest BCUT2D eigenvalue weighted by atomic mass is 32.2. The molecule has 2 rings (SSSR count). The van der Waals surface area contributed by atoms with Crippen LogP contribution in [-0.4, -0.2) is 69.7 Å². The van der Waals surface area contributed by atoms with E-state index in [4.69, 9.17) is 4.74 Å². The first-order valence-corrected chi connectivity index (χ1v) is 9.97. The van der Waals surface area contributed by atoms with Gasteiger partial charge in [-0.25, -0.2) is 13.4 Å². The number of ether oxygens (including phenoxy) is 2. The average Bonchev–Trinajstić information content (AvgIpc) is 2.92. The van der Waals surface area contributed by atoms with E-state index in [-0.39, 0.29) is 28.9 Å². The molecule has 1 aromatic rings. The van der Waals surface area contributed by atoms with Crippen molar-refractivity contribution in [3.05, 3.63) is 29.8 Å². The number of amides is 1. The normalized spacial score (nSPS) is 19.0. The molecule has 1 fully saturated rings. The van der Waals surface area contributed by atoms with Crippen molar-refractivity contribution in [2.75, 3.05) is 32.7 Å². The van der Waals surface area contributed by atoms with Gasteiger partial charge in [-0.2, -0.15) is 8.78 Å². The summed E-state index contributed by atoms with van der Waals surface area (Å²) in [5, 5.41) is 2.95. The summed E-state index contributed by atoms with van der Waals surface area (Å²) in [6.45, 7) is -2.97. The molecule has 0 unspecified atom stereocenters. The Morgan fingerprint density at radius 3 is 2.52 bits per heavy atom. The number of nitrogens with zero attached hydrogens (tertiary/aromatic N) is 2. The van der Waals surface area contributed by atoms with Gasteiger partial charge in [0.15, 0.2) is 21.3 Å². The number of carbonyl (C=O) groups is 1. The SMILES string of the molecule is COc1cc(/C=C/C(=O)N([C@@H]2CCS(=O)(=O)C2)N(C)C)ccc1OC(F)F. The summed E-state index contributed by atoms with van der Waals surface area (Å²) >= 11 is 0. The lowest BCUT2D eigenvalue weighted by molar-refractivity contribution is -0.143. The molecule has 27 heavy (non-hydrogen) atoms. The fourth-order valence-electron chi connectivity index (χ4n) is 2.90. The summed E-state index contributed by atoms with van der Waals surface area (Å²) in [6.07, 6.45) is 3.18. The number of benzene rings is 1. The van der Waals surface area contributed by atoms with Crippen molar-refractivity contribution < 1.29 is 31.5 Å². The molecule has 1 saturated heterocycles. The molecule has 0 aliphatic carbocycles. The van der Waals surface area contributed by atoms with Gasteiger partial charge in [0.2, 0.25) is 0 Å². The van der Waals surface area contributed by atoms with E-state index in [0.717, 1.165) is 0 Å². The highest BCUT2D eigenvalue weighted by Crippen LogP contribution is 2.30. The third-order valence-electron chi connectivity index (χ3n) is 4.03. The van der Waals surface area contributed by atoms with E-state index in [9.17, 15) is 22.0 Å². The van der Waals surface area contributed by atoms with Gasteiger partial charge in [0.1, 0.15) is 0 Å².